The third kappa shape index (κ3) is 4.82. The third-order valence-corrected chi connectivity index (χ3v) is 3.23. The van der Waals surface area contributed by atoms with E-state index in [0.29, 0.717) is 19.3 Å². The van der Waals surface area contributed by atoms with Gasteiger partial charge in [0.1, 0.15) is 0 Å². The molecule has 0 bridgehead atoms. The summed E-state index contributed by atoms with van der Waals surface area (Å²) < 4.78 is 10.4. The Morgan fingerprint density at radius 1 is 1.11 bits per heavy atom. The van der Waals surface area contributed by atoms with Crippen LogP contribution in [-0.4, -0.2) is 40.0 Å². The van der Waals surface area contributed by atoms with Crippen molar-refractivity contribution in [1.29, 1.82) is 0 Å². The molecule has 0 aliphatic heterocycles. The Labute approximate surface area is 116 Å². The number of methoxy groups -OCH3 is 2. The van der Waals surface area contributed by atoms with Crippen molar-refractivity contribution >= 4 is 5.69 Å². The zero-order valence-corrected chi connectivity index (χ0v) is 12.4. The van der Waals surface area contributed by atoms with E-state index in [1.165, 1.54) is 5.69 Å². The van der Waals surface area contributed by atoms with Gasteiger partial charge in [0, 0.05) is 38.5 Å². The maximum Gasteiger partial charge on any atom is 0.0663 e. The molecule has 2 atom stereocenters. The van der Waals surface area contributed by atoms with Gasteiger partial charge in [-0.2, -0.15) is 0 Å². The van der Waals surface area contributed by atoms with Crippen molar-refractivity contribution in [3.63, 3.8) is 0 Å². The first-order valence-electron chi connectivity index (χ1n) is 6.70. The highest BCUT2D eigenvalue weighted by Gasteiger charge is 2.14. The van der Waals surface area contributed by atoms with E-state index in [0.717, 1.165) is 12.1 Å². The Morgan fingerprint density at radius 3 is 2.21 bits per heavy atom. The van der Waals surface area contributed by atoms with Crippen LogP contribution in [0.15, 0.2) is 24.3 Å². The summed E-state index contributed by atoms with van der Waals surface area (Å²) in [6.07, 6.45) is 0. The number of hydrogen-bond donors (Lipinski definition) is 1. The Hall–Kier alpha value is -1.10. The summed E-state index contributed by atoms with van der Waals surface area (Å²) in [5, 5.41) is 0. The molecule has 19 heavy (non-hydrogen) atoms. The first kappa shape index (κ1) is 16.0. The van der Waals surface area contributed by atoms with Gasteiger partial charge in [-0.3, -0.25) is 0 Å². The van der Waals surface area contributed by atoms with Crippen molar-refractivity contribution in [3.05, 3.63) is 29.8 Å². The maximum absolute atomic E-state index is 5.87. The average molecular weight is 266 g/mol. The highest BCUT2D eigenvalue weighted by Crippen LogP contribution is 2.20. The molecule has 1 rings (SSSR count). The summed E-state index contributed by atoms with van der Waals surface area (Å²) in [5.74, 6) is 0. The number of rotatable bonds is 8. The minimum absolute atomic E-state index is 0.0675. The quantitative estimate of drug-likeness (QED) is 0.783. The zero-order chi connectivity index (χ0) is 14.3. The van der Waals surface area contributed by atoms with Gasteiger partial charge in [-0.25, -0.2) is 0 Å². The monoisotopic (exact) mass is 266 g/mol. The van der Waals surface area contributed by atoms with Crippen LogP contribution in [0.1, 0.15) is 25.5 Å². The number of ether oxygens (including phenoxy) is 2. The van der Waals surface area contributed by atoms with E-state index in [-0.39, 0.29) is 6.04 Å². The van der Waals surface area contributed by atoms with Gasteiger partial charge in [0.15, 0.2) is 0 Å². The first-order chi connectivity index (χ1) is 9.10. The Bertz CT molecular complexity index is 352. The summed E-state index contributed by atoms with van der Waals surface area (Å²) in [7, 11) is 3.45. The molecule has 0 aliphatic carbocycles. The van der Waals surface area contributed by atoms with Crippen LogP contribution >= 0.6 is 0 Å². The molecule has 0 fully saturated rings. The Morgan fingerprint density at radius 2 is 1.74 bits per heavy atom. The molecule has 1 aromatic carbocycles. The normalized spacial score (nSPS) is 14.2. The van der Waals surface area contributed by atoms with E-state index in [4.69, 9.17) is 15.2 Å². The number of anilines is 1. The van der Waals surface area contributed by atoms with Crippen LogP contribution in [0.4, 0.5) is 5.69 Å². The molecule has 1 aromatic rings. The van der Waals surface area contributed by atoms with Crippen molar-refractivity contribution in [1.82, 2.24) is 0 Å². The highest BCUT2D eigenvalue weighted by atomic mass is 16.5. The second kappa shape index (κ2) is 8.15. The smallest absolute Gasteiger partial charge is 0.0663 e. The van der Waals surface area contributed by atoms with E-state index in [2.05, 4.69) is 36.1 Å². The van der Waals surface area contributed by atoms with E-state index < -0.39 is 0 Å². The van der Waals surface area contributed by atoms with Gasteiger partial charge in [-0.1, -0.05) is 12.1 Å². The lowest BCUT2D eigenvalue weighted by molar-refractivity contribution is 0.171. The molecule has 0 heterocycles. The molecular weight excluding hydrogens is 240 g/mol. The lowest BCUT2D eigenvalue weighted by Gasteiger charge is -2.31. The second-order valence-corrected chi connectivity index (χ2v) is 4.87. The van der Waals surface area contributed by atoms with Gasteiger partial charge in [0.05, 0.1) is 13.2 Å². The van der Waals surface area contributed by atoms with E-state index in [1.54, 1.807) is 14.2 Å². The summed E-state index contributed by atoms with van der Waals surface area (Å²) >= 11 is 0. The molecule has 0 saturated heterocycles. The predicted octanol–water partition coefficient (Wildman–Crippen LogP) is 2.19. The van der Waals surface area contributed by atoms with Crippen LogP contribution in [-0.2, 0) is 9.47 Å². The number of hydrogen-bond acceptors (Lipinski definition) is 4. The topological polar surface area (TPSA) is 47.7 Å². The SMILES string of the molecule is COCCN(c1ccc(C(C)N)cc1)C(C)COC. The van der Waals surface area contributed by atoms with Crippen molar-refractivity contribution in [2.45, 2.75) is 25.9 Å². The fourth-order valence-corrected chi connectivity index (χ4v) is 2.09. The molecule has 0 aliphatic rings. The number of benzene rings is 1. The van der Waals surface area contributed by atoms with Gasteiger partial charge >= 0.3 is 0 Å². The largest absolute Gasteiger partial charge is 0.383 e. The molecule has 0 radical (unpaired) electrons. The van der Waals surface area contributed by atoms with Crippen molar-refractivity contribution in [2.24, 2.45) is 5.73 Å². The Kier molecular flexibility index (Phi) is 6.84. The van der Waals surface area contributed by atoms with Crippen molar-refractivity contribution in [2.75, 3.05) is 38.9 Å². The van der Waals surface area contributed by atoms with Crippen molar-refractivity contribution < 1.29 is 9.47 Å². The predicted molar refractivity (Wildman–Crippen MR) is 79.6 cm³/mol. The summed E-state index contributed by atoms with van der Waals surface area (Å²) in [6.45, 7) is 6.38. The summed E-state index contributed by atoms with van der Waals surface area (Å²) in [6, 6.07) is 8.76. The lowest BCUT2D eigenvalue weighted by atomic mass is 10.1. The van der Waals surface area contributed by atoms with Gasteiger partial charge in [-0.15, -0.1) is 0 Å². The van der Waals surface area contributed by atoms with Gasteiger partial charge in [-0.05, 0) is 31.5 Å². The van der Waals surface area contributed by atoms with E-state index in [1.807, 2.05) is 6.92 Å². The Balaban J connectivity index is 2.83. The molecule has 4 nitrogen and oxygen atoms in total. The minimum atomic E-state index is 0.0675. The highest BCUT2D eigenvalue weighted by molar-refractivity contribution is 5.49. The molecule has 0 aromatic heterocycles. The van der Waals surface area contributed by atoms with Crippen LogP contribution in [0.2, 0.25) is 0 Å². The minimum Gasteiger partial charge on any atom is -0.383 e. The summed E-state index contributed by atoms with van der Waals surface area (Å²) in [4.78, 5) is 2.29. The maximum atomic E-state index is 5.87. The zero-order valence-electron chi connectivity index (χ0n) is 12.4. The molecule has 0 saturated carbocycles. The molecule has 0 amide bonds. The van der Waals surface area contributed by atoms with Crippen LogP contribution in [0.25, 0.3) is 0 Å². The first-order valence-corrected chi connectivity index (χ1v) is 6.70. The van der Waals surface area contributed by atoms with Crippen LogP contribution in [0, 0.1) is 0 Å². The van der Waals surface area contributed by atoms with Crippen molar-refractivity contribution in [3.8, 4) is 0 Å². The van der Waals surface area contributed by atoms with Gasteiger partial charge < -0.3 is 20.1 Å². The van der Waals surface area contributed by atoms with Gasteiger partial charge in [0.25, 0.3) is 0 Å². The fraction of sp³-hybridized carbons (Fsp3) is 0.600. The summed E-state index contributed by atoms with van der Waals surface area (Å²) in [5.41, 5.74) is 8.19. The molecular formula is C15H26N2O2. The molecule has 2 unspecified atom stereocenters. The fourth-order valence-electron chi connectivity index (χ4n) is 2.09. The average Bonchev–Trinajstić information content (AvgIpc) is 2.40. The standard InChI is InChI=1S/C15H26N2O2/c1-12(11-19-4)17(9-10-18-3)15-7-5-14(6-8-15)13(2)16/h5-8,12-13H,9-11,16H2,1-4H3. The van der Waals surface area contributed by atoms with E-state index >= 15 is 0 Å². The molecule has 2 N–H and O–H groups in total. The third-order valence-electron chi connectivity index (χ3n) is 3.23. The lowest BCUT2D eigenvalue weighted by Crippen LogP contribution is -2.38. The number of nitrogens with two attached hydrogens (primary N) is 1. The molecule has 108 valence electrons. The molecule has 0 spiro atoms. The molecule has 4 heteroatoms. The van der Waals surface area contributed by atoms with Crippen LogP contribution in [0.3, 0.4) is 0 Å². The van der Waals surface area contributed by atoms with E-state index in [9.17, 15) is 0 Å². The van der Waals surface area contributed by atoms with Crippen LogP contribution in [0.5, 0.6) is 0 Å². The number of nitrogens with zero attached hydrogens (tertiary/aromatic N) is 1. The second-order valence-electron chi connectivity index (χ2n) is 4.87. The van der Waals surface area contributed by atoms with Gasteiger partial charge in [0.2, 0.25) is 0 Å². The van der Waals surface area contributed by atoms with Crippen LogP contribution < -0.4 is 10.6 Å².